The van der Waals surface area contributed by atoms with E-state index >= 15 is 0 Å². The van der Waals surface area contributed by atoms with Crippen molar-refractivity contribution in [2.45, 2.75) is 45.7 Å². The number of piperazine rings is 1. The zero-order valence-corrected chi connectivity index (χ0v) is 14.2. The number of ether oxygens (including phenoxy) is 1. The second-order valence-electron chi connectivity index (χ2n) is 5.69. The lowest BCUT2D eigenvalue weighted by atomic mass is 10.1. The summed E-state index contributed by atoms with van der Waals surface area (Å²) in [5.74, 6) is -0.145. The van der Waals surface area contributed by atoms with Crippen LogP contribution in [0.4, 0.5) is 5.13 Å². The molecule has 0 saturated carbocycles. The number of nitrogens with zero attached hydrogens (tertiary/aromatic N) is 3. The molecule has 2 atom stereocenters. The maximum Gasteiger partial charge on any atom is 0.306 e. The average Bonchev–Trinajstić information content (AvgIpc) is 2.91. The van der Waals surface area contributed by atoms with Crippen molar-refractivity contribution in [1.29, 1.82) is 0 Å². The Morgan fingerprint density at radius 2 is 2.10 bits per heavy atom. The van der Waals surface area contributed by atoms with Gasteiger partial charge in [-0.15, -0.1) is 11.3 Å². The van der Waals surface area contributed by atoms with E-state index in [2.05, 4.69) is 41.1 Å². The first-order chi connectivity index (χ1) is 10.0. The normalized spacial score (nSPS) is 23.3. The van der Waals surface area contributed by atoms with E-state index in [0.29, 0.717) is 31.5 Å². The summed E-state index contributed by atoms with van der Waals surface area (Å²) in [7, 11) is 2.18. The van der Waals surface area contributed by atoms with Crippen molar-refractivity contribution >= 4 is 22.4 Å². The summed E-state index contributed by atoms with van der Waals surface area (Å²) >= 11 is 1.67. The first kappa shape index (κ1) is 16.2. The van der Waals surface area contributed by atoms with Gasteiger partial charge >= 0.3 is 5.97 Å². The Morgan fingerprint density at radius 1 is 1.43 bits per heavy atom. The predicted molar refractivity (Wildman–Crippen MR) is 86.0 cm³/mol. The number of carbonyl (C=O) groups is 1. The second-order valence-corrected chi connectivity index (χ2v) is 6.53. The molecule has 1 fully saturated rings. The first-order valence-corrected chi connectivity index (χ1v) is 8.46. The Hall–Kier alpha value is -1.14. The lowest BCUT2D eigenvalue weighted by Crippen LogP contribution is -2.55. The number of hydrogen-bond acceptors (Lipinski definition) is 6. The van der Waals surface area contributed by atoms with Crippen LogP contribution in [0.25, 0.3) is 0 Å². The van der Waals surface area contributed by atoms with Crippen molar-refractivity contribution < 1.29 is 9.53 Å². The van der Waals surface area contributed by atoms with Crippen molar-refractivity contribution in [2.75, 3.05) is 31.6 Å². The van der Waals surface area contributed by atoms with Crippen LogP contribution in [0, 0.1) is 0 Å². The van der Waals surface area contributed by atoms with Crippen molar-refractivity contribution in [3.63, 3.8) is 0 Å². The predicted octanol–water partition coefficient (Wildman–Crippen LogP) is 2.17. The van der Waals surface area contributed by atoms with Crippen molar-refractivity contribution in [2.24, 2.45) is 0 Å². The van der Waals surface area contributed by atoms with Gasteiger partial charge in [0, 0.05) is 37.0 Å². The summed E-state index contributed by atoms with van der Waals surface area (Å²) in [5, 5.41) is 3.13. The molecule has 0 aromatic carbocycles. The maximum absolute atomic E-state index is 11.4. The van der Waals surface area contributed by atoms with Gasteiger partial charge in [0.2, 0.25) is 0 Å². The largest absolute Gasteiger partial charge is 0.466 e. The van der Waals surface area contributed by atoms with E-state index in [9.17, 15) is 4.79 Å². The van der Waals surface area contributed by atoms with E-state index < -0.39 is 0 Å². The minimum Gasteiger partial charge on any atom is -0.466 e. The molecule has 118 valence electrons. The van der Waals surface area contributed by atoms with Gasteiger partial charge in [-0.3, -0.25) is 9.69 Å². The Bertz CT molecular complexity index is 465. The highest BCUT2D eigenvalue weighted by atomic mass is 32.1. The third-order valence-electron chi connectivity index (χ3n) is 4.06. The molecule has 1 aromatic rings. The fraction of sp³-hybridized carbons (Fsp3) is 0.733. The molecule has 1 aliphatic heterocycles. The number of aromatic nitrogens is 1. The van der Waals surface area contributed by atoms with E-state index in [4.69, 9.17) is 4.74 Å². The molecule has 2 unspecified atom stereocenters. The third kappa shape index (κ3) is 4.17. The van der Waals surface area contributed by atoms with Crippen LogP contribution in [-0.4, -0.2) is 54.7 Å². The smallest absolute Gasteiger partial charge is 0.306 e. The van der Waals surface area contributed by atoms with Gasteiger partial charge in [0.1, 0.15) is 0 Å². The molecule has 1 aliphatic rings. The number of anilines is 1. The summed E-state index contributed by atoms with van der Waals surface area (Å²) in [6.07, 6.45) is 1.07. The van der Waals surface area contributed by atoms with Crippen LogP contribution < -0.4 is 4.90 Å². The molecule has 0 spiro atoms. The average molecular weight is 311 g/mol. The molecule has 2 rings (SSSR count). The van der Waals surface area contributed by atoms with Crippen LogP contribution >= 0.6 is 11.3 Å². The van der Waals surface area contributed by atoms with Gasteiger partial charge in [-0.2, -0.15) is 0 Å². The quantitative estimate of drug-likeness (QED) is 0.780. The molecule has 0 aliphatic carbocycles. The van der Waals surface area contributed by atoms with Crippen LogP contribution in [0.3, 0.4) is 0 Å². The summed E-state index contributed by atoms with van der Waals surface area (Å²) < 4.78 is 4.95. The number of carbonyl (C=O) groups excluding carboxylic acids is 1. The molecule has 2 heterocycles. The van der Waals surface area contributed by atoms with Crippen molar-refractivity contribution in [3.8, 4) is 0 Å². The lowest BCUT2D eigenvalue weighted by Gasteiger charge is -2.42. The van der Waals surface area contributed by atoms with Crippen molar-refractivity contribution in [1.82, 2.24) is 9.88 Å². The second kappa shape index (κ2) is 7.22. The molecule has 0 N–H and O–H groups in total. The number of rotatable bonds is 5. The van der Waals surface area contributed by atoms with E-state index in [-0.39, 0.29) is 5.97 Å². The summed E-state index contributed by atoms with van der Waals surface area (Å²) in [6.45, 7) is 8.78. The minimum absolute atomic E-state index is 0.145. The highest BCUT2D eigenvalue weighted by molar-refractivity contribution is 7.13. The highest BCUT2D eigenvalue weighted by Gasteiger charge is 2.27. The number of likely N-dealkylation sites (N-methyl/N-ethyl adjacent to an activating group) is 1. The Morgan fingerprint density at radius 3 is 2.71 bits per heavy atom. The topological polar surface area (TPSA) is 45.7 Å². The SMILES string of the molecule is CCOC(=O)CCc1csc(N2CC(C)N(C)C(C)C2)n1. The van der Waals surface area contributed by atoms with Crippen LogP contribution in [0.5, 0.6) is 0 Å². The van der Waals surface area contributed by atoms with Crippen LogP contribution in [-0.2, 0) is 16.0 Å². The molecule has 1 saturated heterocycles. The van der Waals surface area contributed by atoms with Gasteiger partial charge in [-0.1, -0.05) is 0 Å². The number of esters is 1. The van der Waals surface area contributed by atoms with Gasteiger partial charge in [0.05, 0.1) is 18.7 Å². The van der Waals surface area contributed by atoms with Crippen molar-refractivity contribution in [3.05, 3.63) is 11.1 Å². The van der Waals surface area contributed by atoms with Gasteiger partial charge in [-0.25, -0.2) is 4.98 Å². The summed E-state index contributed by atoms with van der Waals surface area (Å²) in [6, 6.07) is 1.06. The van der Waals surface area contributed by atoms with Gasteiger partial charge in [0.15, 0.2) is 5.13 Å². The number of aryl methyl sites for hydroxylation is 1. The van der Waals surface area contributed by atoms with Gasteiger partial charge < -0.3 is 9.64 Å². The zero-order chi connectivity index (χ0) is 15.4. The van der Waals surface area contributed by atoms with E-state index in [1.54, 1.807) is 11.3 Å². The van der Waals surface area contributed by atoms with E-state index in [0.717, 1.165) is 23.9 Å². The third-order valence-corrected chi connectivity index (χ3v) is 5.01. The first-order valence-electron chi connectivity index (χ1n) is 7.58. The van der Waals surface area contributed by atoms with E-state index in [1.165, 1.54) is 0 Å². The molecular weight excluding hydrogens is 286 g/mol. The Labute approximate surface area is 130 Å². The molecule has 5 nitrogen and oxygen atoms in total. The number of thiazole rings is 1. The van der Waals surface area contributed by atoms with Crippen LogP contribution in [0.15, 0.2) is 5.38 Å². The fourth-order valence-electron chi connectivity index (χ4n) is 2.58. The van der Waals surface area contributed by atoms with Crippen LogP contribution in [0.2, 0.25) is 0 Å². The minimum atomic E-state index is -0.145. The Kier molecular flexibility index (Phi) is 5.58. The molecule has 6 heteroatoms. The van der Waals surface area contributed by atoms with Gasteiger partial charge in [-0.05, 0) is 27.8 Å². The molecule has 0 radical (unpaired) electrons. The fourth-order valence-corrected chi connectivity index (χ4v) is 3.46. The van der Waals surface area contributed by atoms with E-state index in [1.807, 2.05) is 6.92 Å². The molecular formula is C15H25N3O2S. The molecule has 0 bridgehead atoms. The number of hydrogen-bond donors (Lipinski definition) is 0. The molecule has 1 aromatic heterocycles. The Balaban J connectivity index is 1.92. The van der Waals surface area contributed by atoms with Crippen LogP contribution in [0.1, 0.15) is 32.9 Å². The molecule has 0 amide bonds. The standard InChI is InChI=1S/C15H25N3O2S/c1-5-20-14(19)7-6-13-10-21-15(16-13)18-8-11(2)17(4)12(3)9-18/h10-12H,5-9H2,1-4H3. The monoisotopic (exact) mass is 311 g/mol. The highest BCUT2D eigenvalue weighted by Crippen LogP contribution is 2.25. The maximum atomic E-state index is 11.4. The lowest BCUT2D eigenvalue weighted by molar-refractivity contribution is -0.143. The molecule has 21 heavy (non-hydrogen) atoms. The summed E-state index contributed by atoms with van der Waals surface area (Å²) in [5.41, 5.74) is 0.988. The zero-order valence-electron chi connectivity index (χ0n) is 13.3. The summed E-state index contributed by atoms with van der Waals surface area (Å²) in [4.78, 5) is 20.8. The van der Waals surface area contributed by atoms with Gasteiger partial charge in [0.25, 0.3) is 0 Å².